The van der Waals surface area contributed by atoms with Crippen LogP contribution in [0, 0.1) is 0 Å². The van der Waals surface area contributed by atoms with E-state index >= 15 is 0 Å². The fraction of sp³-hybridized carbons (Fsp3) is 0.0625. The van der Waals surface area contributed by atoms with Crippen molar-refractivity contribution < 1.29 is 14.3 Å². The summed E-state index contributed by atoms with van der Waals surface area (Å²) in [6.07, 6.45) is 3.05. The molecule has 0 radical (unpaired) electrons. The largest absolute Gasteiger partial charge is 0.465 e. The molecular weight excluding hydrogens is 268 g/mol. The van der Waals surface area contributed by atoms with E-state index in [4.69, 9.17) is 4.74 Å². The van der Waals surface area contributed by atoms with Gasteiger partial charge in [0.1, 0.15) is 5.69 Å². The number of methoxy groups -OCH3 is 1. The highest BCUT2D eigenvalue weighted by Gasteiger charge is 2.19. The molecular formula is C16H12N2O3. The van der Waals surface area contributed by atoms with Gasteiger partial charge < -0.3 is 4.74 Å². The molecule has 3 rings (SSSR count). The van der Waals surface area contributed by atoms with Crippen LogP contribution in [0.3, 0.4) is 0 Å². The van der Waals surface area contributed by atoms with Gasteiger partial charge in [0.25, 0.3) is 5.91 Å². The monoisotopic (exact) mass is 280 g/mol. The highest BCUT2D eigenvalue weighted by molar-refractivity contribution is 6.09. The van der Waals surface area contributed by atoms with Crippen LogP contribution in [0.1, 0.15) is 20.8 Å². The number of carbonyl (C=O) groups is 2. The molecule has 0 atom stereocenters. The number of pyridine rings is 1. The zero-order chi connectivity index (χ0) is 14.8. The number of fused-ring (bicyclic) bond motifs is 1. The van der Waals surface area contributed by atoms with Crippen molar-refractivity contribution in [1.29, 1.82) is 0 Å². The Morgan fingerprint density at radius 3 is 2.57 bits per heavy atom. The Hall–Kier alpha value is -2.95. The molecule has 0 aliphatic rings. The van der Waals surface area contributed by atoms with Gasteiger partial charge in [0.15, 0.2) is 0 Å². The molecule has 0 saturated carbocycles. The number of rotatable bonds is 2. The van der Waals surface area contributed by atoms with Gasteiger partial charge in [-0.1, -0.05) is 24.3 Å². The third-order valence-electron chi connectivity index (χ3n) is 3.22. The Morgan fingerprint density at radius 2 is 1.86 bits per heavy atom. The van der Waals surface area contributed by atoms with Crippen LogP contribution < -0.4 is 0 Å². The molecule has 1 aromatic carbocycles. The smallest absolute Gasteiger partial charge is 0.340 e. The number of esters is 1. The number of aromatic nitrogens is 2. The first-order chi connectivity index (χ1) is 10.2. The van der Waals surface area contributed by atoms with Crippen molar-refractivity contribution in [2.24, 2.45) is 0 Å². The number of para-hydroxylation sites is 1. The first-order valence-corrected chi connectivity index (χ1v) is 6.36. The van der Waals surface area contributed by atoms with Crippen LogP contribution in [0.15, 0.2) is 54.9 Å². The molecule has 0 fully saturated rings. The van der Waals surface area contributed by atoms with Crippen LogP contribution in [0.25, 0.3) is 10.9 Å². The molecule has 0 bridgehead atoms. The zero-order valence-electron chi connectivity index (χ0n) is 11.3. The molecule has 5 heteroatoms. The number of hydrogen-bond acceptors (Lipinski definition) is 4. The van der Waals surface area contributed by atoms with E-state index in [1.54, 1.807) is 36.5 Å². The minimum atomic E-state index is -0.473. The molecule has 2 aromatic heterocycles. The summed E-state index contributed by atoms with van der Waals surface area (Å²) in [5, 5.41) is 0.675. The van der Waals surface area contributed by atoms with Crippen molar-refractivity contribution in [2.45, 2.75) is 0 Å². The fourth-order valence-electron chi connectivity index (χ4n) is 2.23. The van der Waals surface area contributed by atoms with Gasteiger partial charge in [-0.05, 0) is 18.2 Å². The van der Waals surface area contributed by atoms with E-state index in [2.05, 4.69) is 4.98 Å². The summed E-state index contributed by atoms with van der Waals surface area (Å²) in [6, 6.07) is 12.3. The van der Waals surface area contributed by atoms with Gasteiger partial charge in [-0.15, -0.1) is 0 Å². The van der Waals surface area contributed by atoms with Gasteiger partial charge in [-0.25, -0.2) is 4.79 Å². The number of nitrogens with zero attached hydrogens (tertiary/aromatic N) is 2. The third kappa shape index (κ3) is 2.18. The third-order valence-corrected chi connectivity index (χ3v) is 3.22. The molecule has 0 unspecified atom stereocenters. The highest BCUT2D eigenvalue weighted by Crippen LogP contribution is 2.22. The zero-order valence-corrected chi connectivity index (χ0v) is 11.3. The maximum Gasteiger partial charge on any atom is 0.340 e. The molecule has 0 saturated heterocycles. The predicted molar refractivity (Wildman–Crippen MR) is 77.2 cm³/mol. The SMILES string of the molecule is COC(=O)c1cn(C(=O)c2ccccn2)c2ccccc12. The first-order valence-electron chi connectivity index (χ1n) is 6.36. The van der Waals surface area contributed by atoms with E-state index in [9.17, 15) is 9.59 Å². The maximum atomic E-state index is 12.5. The van der Waals surface area contributed by atoms with E-state index in [-0.39, 0.29) is 5.91 Å². The summed E-state index contributed by atoms with van der Waals surface area (Å²) in [5.41, 5.74) is 1.32. The molecule has 3 aromatic rings. The molecule has 21 heavy (non-hydrogen) atoms. The quantitative estimate of drug-likeness (QED) is 0.677. The molecule has 2 heterocycles. The summed E-state index contributed by atoms with van der Waals surface area (Å²) in [4.78, 5) is 28.4. The average molecular weight is 280 g/mol. The van der Waals surface area contributed by atoms with Gasteiger partial charge in [0.2, 0.25) is 0 Å². The topological polar surface area (TPSA) is 61.2 Å². The molecule has 0 spiro atoms. The number of hydrogen-bond donors (Lipinski definition) is 0. The Morgan fingerprint density at radius 1 is 1.10 bits per heavy atom. The van der Waals surface area contributed by atoms with Crippen LogP contribution in [0.2, 0.25) is 0 Å². The van der Waals surface area contributed by atoms with Crippen LogP contribution in [-0.4, -0.2) is 28.5 Å². The van der Waals surface area contributed by atoms with Crippen LogP contribution in [0.5, 0.6) is 0 Å². The molecule has 0 amide bonds. The number of benzene rings is 1. The predicted octanol–water partition coefficient (Wildman–Crippen LogP) is 2.51. The Balaban J connectivity index is 2.20. The minimum absolute atomic E-state index is 0.290. The average Bonchev–Trinajstić information content (AvgIpc) is 2.94. The summed E-state index contributed by atoms with van der Waals surface area (Å²) >= 11 is 0. The van der Waals surface area contributed by atoms with Gasteiger partial charge in [0, 0.05) is 17.8 Å². The van der Waals surface area contributed by atoms with Gasteiger partial charge >= 0.3 is 5.97 Å². The molecule has 0 aliphatic carbocycles. The fourth-order valence-corrected chi connectivity index (χ4v) is 2.23. The van der Waals surface area contributed by atoms with Crippen molar-refractivity contribution >= 4 is 22.8 Å². The Kier molecular flexibility index (Phi) is 3.23. The minimum Gasteiger partial charge on any atom is -0.465 e. The van der Waals surface area contributed by atoms with Gasteiger partial charge in [-0.2, -0.15) is 0 Å². The van der Waals surface area contributed by atoms with E-state index in [0.717, 1.165) is 0 Å². The lowest BCUT2D eigenvalue weighted by atomic mass is 10.2. The second kappa shape index (κ2) is 5.20. The highest BCUT2D eigenvalue weighted by atomic mass is 16.5. The summed E-state index contributed by atoms with van der Waals surface area (Å²) in [5.74, 6) is -0.763. The lowest BCUT2D eigenvalue weighted by Crippen LogP contribution is -2.12. The van der Waals surface area contributed by atoms with Crippen molar-refractivity contribution in [2.75, 3.05) is 7.11 Å². The van der Waals surface area contributed by atoms with E-state index in [1.165, 1.54) is 17.9 Å². The lowest BCUT2D eigenvalue weighted by Gasteiger charge is -2.02. The van der Waals surface area contributed by atoms with E-state index < -0.39 is 5.97 Å². The lowest BCUT2D eigenvalue weighted by molar-refractivity contribution is 0.0603. The van der Waals surface area contributed by atoms with Gasteiger partial charge in [-0.3, -0.25) is 14.3 Å². The van der Waals surface area contributed by atoms with E-state index in [1.807, 2.05) is 12.1 Å². The summed E-state index contributed by atoms with van der Waals surface area (Å²) < 4.78 is 6.18. The summed E-state index contributed by atoms with van der Waals surface area (Å²) in [7, 11) is 1.31. The molecule has 5 nitrogen and oxygen atoms in total. The van der Waals surface area contributed by atoms with Gasteiger partial charge in [0.05, 0.1) is 18.2 Å². The van der Waals surface area contributed by atoms with Crippen molar-refractivity contribution in [3.8, 4) is 0 Å². The normalized spacial score (nSPS) is 10.5. The molecule has 104 valence electrons. The molecule has 0 N–H and O–H groups in total. The number of carbonyl (C=O) groups excluding carboxylic acids is 2. The van der Waals surface area contributed by atoms with Crippen LogP contribution in [-0.2, 0) is 4.74 Å². The van der Waals surface area contributed by atoms with Crippen molar-refractivity contribution in [3.63, 3.8) is 0 Å². The second-order valence-electron chi connectivity index (χ2n) is 4.44. The summed E-state index contributed by atoms with van der Waals surface area (Å²) in [6.45, 7) is 0. The second-order valence-corrected chi connectivity index (χ2v) is 4.44. The Labute approximate surface area is 120 Å². The molecule has 0 aliphatic heterocycles. The standard InChI is InChI=1S/C16H12N2O3/c1-21-16(20)12-10-18(14-8-3-2-6-11(12)14)15(19)13-7-4-5-9-17-13/h2-10H,1H3. The van der Waals surface area contributed by atoms with Crippen molar-refractivity contribution in [3.05, 3.63) is 66.1 Å². The number of ether oxygens (including phenoxy) is 1. The maximum absolute atomic E-state index is 12.5. The van der Waals surface area contributed by atoms with Crippen molar-refractivity contribution in [1.82, 2.24) is 9.55 Å². The van der Waals surface area contributed by atoms with Crippen LogP contribution in [0.4, 0.5) is 0 Å². The Bertz CT molecular complexity index is 822. The first kappa shape index (κ1) is 13.1. The van der Waals surface area contributed by atoms with Crippen LogP contribution >= 0.6 is 0 Å². The van der Waals surface area contributed by atoms with E-state index in [0.29, 0.717) is 22.2 Å².